The summed E-state index contributed by atoms with van der Waals surface area (Å²) in [6, 6.07) is 5.20. The highest BCUT2D eigenvalue weighted by molar-refractivity contribution is 5.36. The van der Waals surface area contributed by atoms with Crippen molar-refractivity contribution in [2.75, 3.05) is 6.61 Å². The summed E-state index contributed by atoms with van der Waals surface area (Å²) in [6.07, 6.45) is -4.59. The van der Waals surface area contributed by atoms with Gasteiger partial charge >= 0.3 is 0 Å². The van der Waals surface area contributed by atoms with Gasteiger partial charge in [-0.15, -0.1) is 0 Å². The molecule has 4 atom stereocenters. The number of rotatable bonds is 4. The van der Waals surface area contributed by atoms with Gasteiger partial charge in [0.05, 0.1) is 11.5 Å². The van der Waals surface area contributed by atoms with E-state index >= 15 is 0 Å². The zero-order chi connectivity index (χ0) is 14.0. The molecule has 8 heteroatoms. The fourth-order valence-corrected chi connectivity index (χ4v) is 1.74. The molecule has 0 unspecified atom stereocenters. The van der Waals surface area contributed by atoms with Gasteiger partial charge in [0.15, 0.2) is 0 Å². The van der Waals surface area contributed by atoms with E-state index in [1.54, 1.807) is 0 Å². The van der Waals surface area contributed by atoms with Crippen LogP contribution in [-0.4, -0.2) is 51.5 Å². The largest absolute Gasteiger partial charge is 0.462 e. The lowest BCUT2D eigenvalue weighted by Gasteiger charge is -2.16. The first-order chi connectivity index (χ1) is 9.02. The van der Waals surface area contributed by atoms with Crippen LogP contribution in [0.2, 0.25) is 0 Å². The SMILES string of the molecule is O=[N+]([O-])c1ccc(O[C@@H]2O[C@@H](CO)[C@H](O)[C@H]2O)cc1. The average Bonchev–Trinajstić information content (AvgIpc) is 2.67. The molecule has 1 aliphatic rings. The Bertz CT molecular complexity index is 449. The Balaban J connectivity index is 2.03. The maximum Gasteiger partial charge on any atom is 0.269 e. The summed E-state index contributed by atoms with van der Waals surface area (Å²) in [5, 5.41) is 38.5. The van der Waals surface area contributed by atoms with Crippen molar-refractivity contribution in [3.05, 3.63) is 34.4 Å². The molecule has 1 saturated heterocycles. The maximum absolute atomic E-state index is 10.5. The molecular weight excluding hydrogens is 258 g/mol. The average molecular weight is 271 g/mol. The lowest BCUT2D eigenvalue weighted by Crippen LogP contribution is -2.35. The molecule has 1 aliphatic heterocycles. The fraction of sp³-hybridized carbons (Fsp3) is 0.455. The molecule has 19 heavy (non-hydrogen) atoms. The number of hydrogen-bond donors (Lipinski definition) is 3. The molecule has 0 amide bonds. The molecule has 1 fully saturated rings. The number of nitro groups is 1. The van der Waals surface area contributed by atoms with Crippen molar-refractivity contribution in [3.8, 4) is 5.75 Å². The first kappa shape index (κ1) is 13.7. The zero-order valence-corrected chi connectivity index (χ0v) is 9.75. The number of hydrogen-bond acceptors (Lipinski definition) is 7. The summed E-state index contributed by atoms with van der Waals surface area (Å²) in [5.41, 5.74) is -0.0893. The van der Waals surface area contributed by atoms with Crippen LogP contribution in [0.5, 0.6) is 5.75 Å². The van der Waals surface area contributed by atoms with E-state index in [9.17, 15) is 20.3 Å². The highest BCUT2D eigenvalue weighted by atomic mass is 16.7. The quantitative estimate of drug-likeness (QED) is 0.494. The smallest absolute Gasteiger partial charge is 0.269 e. The number of aliphatic hydroxyl groups excluding tert-OH is 3. The van der Waals surface area contributed by atoms with Crippen molar-refractivity contribution < 1.29 is 29.7 Å². The van der Waals surface area contributed by atoms with Gasteiger partial charge in [0.1, 0.15) is 24.1 Å². The van der Waals surface area contributed by atoms with E-state index in [2.05, 4.69) is 0 Å². The predicted octanol–water partition coefficient (Wildman–Crippen LogP) is -0.587. The third-order valence-corrected chi connectivity index (χ3v) is 2.80. The lowest BCUT2D eigenvalue weighted by molar-refractivity contribution is -0.384. The number of nitro benzene ring substituents is 1. The van der Waals surface area contributed by atoms with E-state index in [-0.39, 0.29) is 11.4 Å². The Morgan fingerprint density at radius 2 is 1.89 bits per heavy atom. The minimum Gasteiger partial charge on any atom is -0.462 e. The van der Waals surface area contributed by atoms with Gasteiger partial charge in [0.2, 0.25) is 6.29 Å². The van der Waals surface area contributed by atoms with Crippen LogP contribution < -0.4 is 4.74 Å². The normalized spacial score (nSPS) is 30.3. The monoisotopic (exact) mass is 271 g/mol. The highest BCUT2D eigenvalue weighted by Crippen LogP contribution is 2.25. The summed E-state index contributed by atoms with van der Waals surface area (Å²) in [7, 11) is 0. The Labute approximate surface area is 108 Å². The molecular formula is C11H13NO7. The third-order valence-electron chi connectivity index (χ3n) is 2.80. The topological polar surface area (TPSA) is 122 Å². The predicted molar refractivity (Wildman–Crippen MR) is 61.5 cm³/mol. The summed E-state index contributed by atoms with van der Waals surface area (Å²) >= 11 is 0. The van der Waals surface area contributed by atoms with Crippen LogP contribution in [0.1, 0.15) is 0 Å². The Kier molecular flexibility index (Phi) is 3.96. The van der Waals surface area contributed by atoms with Crippen LogP contribution >= 0.6 is 0 Å². The van der Waals surface area contributed by atoms with E-state index < -0.39 is 36.1 Å². The van der Waals surface area contributed by atoms with E-state index in [1.165, 1.54) is 24.3 Å². The van der Waals surface area contributed by atoms with Crippen LogP contribution in [-0.2, 0) is 4.74 Å². The molecule has 2 rings (SSSR count). The summed E-state index contributed by atoms with van der Waals surface area (Å²) in [5.74, 6) is 0.250. The molecule has 0 bridgehead atoms. The minimum atomic E-state index is -1.30. The van der Waals surface area contributed by atoms with E-state index in [4.69, 9.17) is 14.6 Å². The van der Waals surface area contributed by atoms with Crippen molar-refractivity contribution in [1.82, 2.24) is 0 Å². The van der Waals surface area contributed by atoms with Crippen molar-refractivity contribution >= 4 is 5.69 Å². The molecule has 0 spiro atoms. The highest BCUT2D eigenvalue weighted by Gasteiger charge is 2.43. The van der Waals surface area contributed by atoms with Crippen molar-refractivity contribution in [3.63, 3.8) is 0 Å². The van der Waals surface area contributed by atoms with E-state index in [0.29, 0.717) is 0 Å². The van der Waals surface area contributed by atoms with Gasteiger partial charge in [-0.1, -0.05) is 0 Å². The van der Waals surface area contributed by atoms with Crippen LogP contribution in [0.3, 0.4) is 0 Å². The van der Waals surface area contributed by atoms with Crippen molar-refractivity contribution in [2.45, 2.75) is 24.6 Å². The van der Waals surface area contributed by atoms with Crippen LogP contribution in [0.4, 0.5) is 5.69 Å². The number of nitrogens with zero attached hydrogens (tertiary/aromatic N) is 1. The number of aliphatic hydroxyl groups is 3. The molecule has 8 nitrogen and oxygen atoms in total. The van der Waals surface area contributed by atoms with Gasteiger partial charge in [-0.2, -0.15) is 0 Å². The Morgan fingerprint density at radius 1 is 1.26 bits per heavy atom. The molecule has 0 saturated carbocycles. The molecule has 1 aromatic carbocycles. The molecule has 0 radical (unpaired) electrons. The van der Waals surface area contributed by atoms with E-state index in [0.717, 1.165) is 0 Å². The van der Waals surface area contributed by atoms with Crippen molar-refractivity contribution in [1.29, 1.82) is 0 Å². The minimum absolute atomic E-state index is 0.0893. The van der Waals surface area contributed by atoms with Gasteiger partial charge in [0.25, 0.3) is 5.69 Å². The van der Waals surface area contributed by atoms with Crippen LogP contribution in [0.25, 0.3) is 0 Å². The summed E-state index contributed by atoms with van der Waals surface area (Å²) in [4.78, 5) is 9.93. The van der Waals surface area contributed by atoms with Crippen LogP contribution in [0, 0.1) is 10.1 Å². The van der Waals surface area contributed by atoms with E-state index in [1.807, 2.05) is 0 Å². The second-order valence-corrected chi connectivity index (χ2v) is 4.08. The van der Waals surface area contributed by atoms with Gasteiger partial charge in [-0.05, 0) is 12.1 Å². The van der Waals surface area contributed by atoms with Gasteiger partial charge < -0.3 is 24.8 Å². The molecule has 1 aromatic rings. The molecule has 0 aromatic heterocycles. The van der Waals surface area contributed by atoms with Gasteiger partial charge in [-0.3, -0.25) is 10.1 Å². The Morgan fingerprint density at radius 3 is 2.37 bits per heavy atom. The number of benzene rings is 1. The van der Waals surface area contributed by atoms with Gasteiger partial charge in [0, 0.05) is 12.1 Å². The molecule has 3 N–H and O–H groups in total. The van der Waals surface area contributed by atoms with Gasteiger partial charge in [-0.25, -0.2) is 0 Å². The molecule has 104 valence electrons. The zero-order valence-electron chi connectivity index (χ0n) is 9.75. The van der Waals surface area contributed by atoms with Crippen LogP contribution in [0.15, 0.2) is 24.3 Å². The van der Waals surface area contributed by atoms with Crippen molar-refractivity contribution in [2.24, 2.45) is 0 Å². The second kappa shape index (κ2) is 5.49. The number of ether oxygens (including phenoxy) is 2. The number of non-ortho nitro benzene ring substituents is 1. The molecule has 0 aliphatic carbocycles. The lowest BCUT2D eigenvalue weighted by atomic mass is 10.1. The fourth-order valence-electron chi connectivity index (χ4n) is 1.74. The maximum atomic E-state index is 10.5. The standard InChI is InChI=1S/C11H13NO7/c13-5-8-9(14)10(15)11(19-8)18-7-3-1-6(2-4-7)12(16)17/h1-4,8-11,13-15H,5H2/t8-,9-,10+,11+/m0/s1. The summed E-state index contributed by atoms with van der Waals surface area (Å²) < 4.78 is 10.4. The first-order valence-corrected chi connectivity index (χ1v) is 5.56. The molecule has 1 heterocycles. The Hall–Kier alpha value is -1.74. The third kappa shape index (κ3) is 2.82. The first-order valence-electron chi connectivity index (χ1n) is 5.56. The second-order valence-electron chi connectivity index (χ2n) is 4.08. The summed E-state index contributed by atoms with van der Waals surface area (Å²) in [6.45, 7) is -0.446.